The van der Waals surface area contributed by atoms with E-state index in [1.165, 1.54) is 16.8 Å². The first-order valence-corrected chi connectivity index (χ1v) is 8.82. The van der Waals surface area contributed by atoms with Crippen LogP contribution in [-0.2, 0) is 13.1 Å². The van der Waals surface area contributed by atoms with Crippen LogP contribution < -0.4 is 10.2 Å². The zero-order valence-corrected chi connectivity index (χ0v) is 14.4. The van der Waals surface area contributed by atoms with Gasteiger partial charge in [0.15, 0.2) is 0 Å². The highest BCUT2D eigenvalue weighted by Crippen LogP contribution is 2.23. The molecule has 24 heavy (non-hydrogen) atoms. The Morgan fingerprint density at radius 1 is 1.12 bits per heavy atom. The molecule has 2 N–H and O–H groups in total. The maximum Gasteiger partial charge on any atom is 0.0460 e. The molecular formula is C20H27N3O. The largest absolute Gasteiger partial charge is 0.396 e. The van der Waals surface area contributed by atoms with Gasteiger partial charge in [0.2, 0.25) is 0 Å². The Labute approximate surface area is 144 Å². The van der Waals surface area contributed by atoms with E-state index in [9.17, 15) is 5.11 Å². The highest BCUT2D eigenvalue weighted by molar-refractivity contribution is 5.48. The van der Waals surface area contributed by atoms with E-state index in [1.54, 1.807) is 0 Å². The molecular weight excluding hydrogens is 298 g/mol. The average molecular weight is 325 g/mol. The minimum absolute atomic E-state index is 0.328. The van der Waals surface area contributed by atoms with Crippen molar-refractivity contribution in [2.24, 2.45) is 5.92 Å². The number of hydrogen-bond donors (Lipinski definition) is 2. The zero-order valence-electron chi connectivity index (χ0n) is 14.4. The Morgan fingerprint density at radius 2 is 1.88 bits per heavy atom. The first-order valence-electron chi connectivity index (χ1n) is 8.82. The molecule has 0 radical (unpaired) electrons. The third kappa shape index (κ3) is 4.34. The molecule has 2 heterocycles. The molecule has 0 aliphatic carbocycles. The first kappa shape index (κ1) is 16.9. The van der Waals surface area contributed by atoms with Crippen LogP contribution in [0, 0.1) is 12.8 Å². The molecule has 0 unspecified atom stereocenters. The second kappa shape index (κ2) is 8.27. The van der Waals surface area contributed by atoms with Crippen molar-refractivity contribution in [2.75, 3.05) is 24.6 Å². The Balaban J connectivity index is 1.49. The molecule has 4 heteroatoms. The van der Waals surface area contributed by atoms with Gasteiger partial charge in [-0.2, -0.15) is 0 Å². The maximum atomic E-state index is 9.24. The van der Waals surface area contributed by atoms with Crippen molar-refractivity contribution in [3.05, 3.63) is 59.4 Å². The summed E-state index contributed by atoms with van der Waals surface area (Å²) in [5.74, 6) is 0.487. The number of aliphatic hydroxyl groups excluding tert-OH is 1. The van der Waals surface area contributed by atoms with Crippen LogP contribution in [0.4, 0.5) is 5.69 Å². The molecule has 1 aliphatic heterocycles. The number of anilines is 1. The smallest absolute Gasteiger partial charge is 0.0460 e. The summed E-state index contributed by atoms with van der Waals surface area (Å²) in [4.78, 5) is 6.74. The number of nitrogens with one attached hydrogen (secondary N) is 1. The normalized spacial score (nSPS) is 15.7. The highest BCUT2D eigenvalue weighted by Gasteiger charge is 2.18. The number of benzene rings is 1. The summed E-state index contributed by atoms with van der Waals surface area (Å²) in [5.41, 5.74) is 4.93. The fraction of sp³-hybridized carbons (Fsp3) is 0.450. The molecule has 4 nitrogen and oxygen atoms in total. The topological polar surface area (TPSA) is 48.4 Å². The van der Waals surface area contributed by atoms with Gasteiger partial charge in [-0.15, -0.1) is 0 Å². The van der Waals surface area contributed by atoms with E-state index >= 15 is 0 Å². The van der Waals surface area contributed by atoms with Gasteiger partial charge in [0.05, 0.1) is 0 Å². The number of aryl methyl sites for hydroxylation is 1. The van der Waals surface area contributed by atoms with Crippen LogP contribution in [0.25, 0.3) is 0 Å². The Kier molecular flexibility index (Phi) is 5.83. The average Bonchev–Trinajstić information content (AvgIpc) is 2.64. The van der Waals surface area contributed by atoms with Gasteiger partial charge in [0, 0.05) is 50.4 Å². The SMILES string of the molecule is Cc1ncccc1CNCc1ccc(N2CCC(CO)CC2)cc1. The number of rotatable bonds is 6. The lowest BCUT2D eigenvalue weighted by Gasteiger charge is -2.33. The highest BCUT2D eigenvalue weighted by atomic mass is 16.3. The number of nitrogens with zero attached hydrogens (tertiary/aromatic N) is 2. The molecule has 0 bridgehead atoms. The second-order valence-corrected chi connectivity index (χ2v) is 6.63. The van der Waals surface area contributed by atoms with Crippen molar-refractivity contribution in [1.29, 1.82) is 0 Å². The third-order valence-electron chi connectivity index (χ3n) is 4.94. The van der Waals surface area contributed by atoms with E-state index in [-0.39, 0.29) is 0 Å². The van der Waals surface area contributed by atoms with Crippen LogP contribution in [0.1, 0.15) is 29.7 Å². The molecule has 0 atom stereocenters. The summed E-state index contributed by atoms with van der Waals surface area (Å²) in [6.45, 7) is 6.17. The fourth-order valence-electron chi connectivity index (χ4n) is 3.24. The molecule has 1 fully saturated rings. The van der Waals surface area contributed by atoms with Crippen LogP contribution in [-0.4, -0.2) is 29.8 Å². The number of pyridine rings is 1. The summed E-state index contributed by atoms with van der Waals surface area (Å²) in [5, 5.41) is 12.7. The van der Waals surface area contributed by atoms with E-state index < -0.39 is 0 Å². The molecule has 128 valence electrons. The number of piperidine rings is 1. The number of aromatic nitrogens is 1. The van der Waals surface area contributed by atoms with E-state index in [0.717, 1.165) is 44.7 Å². The van der Waals surface area contributed by atoms with Crippen molar-refractivity contribution in [2.45, 2.75) is 32.9 Å². The molecule has 3 rings (SSSR count). The van der Waals surface area contributed by atoms with Crippen molar-refractivity contribution in [3.63, 3.8) is 0 Å². The van der Waals surface area contributed by atoms with Crippen molar-refractivity contribution in [3.8, 4) is 0 Å². The molecule has 0 spiro atoms. The zero-order chi connectivity index (χ0) is 16.8. The summed E-state index contributed by atoms with van der Waals surface area (Å²) < 4.78 is 0. The molecule has 1 aliphatic rings. The lowest BCUT2D eigenvalue weighted by atomic mass is 9.97. The molecule has 1 saturated heterocycles. The van der Waals surface area contributed by atoms with Gasteiger partial charge in [0.1, 0.15) is 0 Å². The minimum atomic E-state index is 0.328. The van der Waals surface area contributed by atoms with Gasteiger partial charge in [-0.25, -0.2) is 0 Å². The summed E-state index contributed by atoms with van der Waals surface area (Å²) in [6, 6.07) is 12.9. The second-order valence-electron chi connectivity index (χ2n) is 6.63. The van der Waals surface area contributed by atoms with E-state index in [4.69, 9.17) is 0 Å². The Hall–Kier alpha value is -1.91. The first-order chi connectivity index (χ1) is 11.8. The van der Waals surface area contributed by atoms with Gasteiger partial charge in [-0.1, -0.05) is 18.2 Å². The third-order valence-corrected chi connectivity index (χ3v) is 4.94. The quantitative estimate of drug-likeness (QED) is 0.857. The summed E-state index contributed by atoms with van der Waals surface area (Å²) in [6.07, 6.45) is 4.01. The molecule has 2 aromatic rings. The van der Waals surface area contributed by atoms with Crippen LogP contribution in [0.2, 0.25) is 0 Å². The van der Waals surface area contributed by atoms with Crippen LogP contribution in [0.3, 0.4) is 0 Å². The summed E-state index contributed by atoms with van der Waals surface area (Å²) in [7, 11) is 0. The van der Waals surface area contributed by atoms with Crippen LogP contribution in [0.5, 0.6) is 0 Å². The standard InChI is InChI=1S/C20H27N3O/c1-16-19(3-2-10-22-16)14-21-13-17-4-6-20(7-5-17)23-11-8-18(15-24)9-12-23/h2-7,10,18,21,24H,8-9,11-15H2,1H3. The molecule has 0 amide bonds. The monoisotopic (exact) mass is 325 g/mol. The molecule has 1 aromatic carbocycles. The lowest BCUT2D eigenvalue weighted by molar-refractivity contribution is 0.203. The fourth-order valence-corrected chi connectivity index (χ4v) is 3.24. The van der Waals surface area contributed by atoms with Crippen LogP contribution in [0.15, 0.2) is 42.6 Å². The Morgan fingerprint density at radius 3 is 2.54 bits per heavy atom. The van der Waals surface area contributed by atoms with Crippen molar-refractivity contribution >= 4 is 5.69 Å². The van der Waals surface area contributed by atoms with Gasteiger partial charge in [-0.3, -0.25) is 4.98 Å². The van der Waals surface area contributed by atoms with Gasteiger partial charge < -0.3 is 15.3 Å². The van der Waals surface area contributed by atoms with Gasteiger partial charge in [-0.05, 0) is 55.0 Å². The van der Waals surface area contributed by atoms with Gasteiger partial charge >= 0.3 is 0 Å². The Bertz CT molecular complexity index is 634. The predicted molar refractivity (Wildman–Crippen MR) is 98.0 cm³/mol. The number of hydrogen-bond acceptors (Lipinski definition) is 4. The molecule has 0 saturated carbocycles. The van der Waals surface area contributed by atoms with E-state index in [0.29, 0.717) is 12.5 Å². The maximum absolute atomic E-state index is 9.24. The minimum Gasteiger partial charge on any atom is -0.396 e. The molecule has 1 aromatic heterocycles. The van der Waals surface area contributed by atoms with E-state index in [1.807, 2.05) is 19.2 Å². The van der Waals surface area contributed by atoms with E-state index in [2.05, 4.69) is 45.5 Å². The van der Waals surface area contributed by atoms with Crippen LogP contribution >= 0.6 is 0 Å². The predicted octanol–water partition coefficient (Wildman–Crippen LogP) is 2.89. The van der Waals surface area contributed by atoms with Crippen molar-refractivity contribution < 1.29 is 5.11 Å². The van der Waals surface area contributed by atoms with Gasteiger partial charge in [0.25, 0.3) is 0 Å². The summed E-state index contributed by atoms with van der Waals surface area (Å²) >= 11 is 0. The lowest BCUT2D eigenvalue weighted by Crippen LogP contribution is -2.34. The van der Waals surface area contributed by atoms with Crippen molar-refractivity contribution in [1.82, 2.24) is 10.3 Å². The number of aliphatic hydroxyl groups is 1.